The molecule has 1 aliphatic carbocycles. The number of rotatable bonds is 11. The van der Waals surface area contributed by atoms with Gasteiger partial charge < -0.3 is 10.6 Å². The summed E-state index contributed by atoms with van der Waals surface area (Å²) >= 11 is 1.77. The molecule has 3 unspecified atom stereocenters. The molecule has 0 fully saturated rings. The normalized spacial score (nSPS) is 17.7. The second-order valence-electron chi connectivity index (χ2n) is 8.06. The zero-order valence-corrected chi connectivity index (χ0v) is 18.6. The van der Waals surface area contributed by atoms with E-state index in [2.05, 4.69) is 63.6 Å². The van der Waals surface area contributed by atoms with Crippen LogP contribution in [0.3, 0.4) is 0 Å². The van der Waals surface area contributed by atoms with Crippen molar-refractivity contribution in [3.63, 3.8) is 0 Å². The Hall–Kier alpha value is -1.88. The number of carbonyl (C=O) groups is 1. The van der Waals surface area contributed by atoms with Gasteiger partial charge in [-0.15, -0.1) is 11.3 Å². The molecular weight excluding hydrogens is 366 g/mol. The van der Waals surface area contributed by atoms with Gasteiger partial charge in [-0.25, -0.2) is 4.98 Å². The molecule has 4 nitrogen and oxygen atoms in total. The van der Waals surface area contributed by atoms with Crippen molar-refractivity contribution in [3.8, 4) is 0 Å². The maximum Gasteiger partial charge on any atom is 0.220 e. The van der Waals surface area contributed by atoms with Crippen LogP contribution in [0.2, 0.25) is 0 Å². The molecule has 1 aliphatic rings. The molecule has 1 aromatic rings. The fraction of sp³-hybridized carbons (Fsp3) is 0.565. The molecule has 0 spiro atoms. The smallest absolute Gasteiger partial charge is 0.220 e. The molecule has 1 amide bonds. The van der Waals surface area contributed by atoms with E-state index in [0.29, 0.717) is 37.1 Å². The van der Waals surface area contributed by atoms with Crippen molar-refractivity contribution in [1.82, 2.24) is 15.6 Å². The average Bonchev–Trinajstić information content (AvgIpc) is 3.10. The van der Waals surface area contributed by atoms with Gasteiger partial charge in [0.25, 0.3) is 0 Å². The molecule has 1 heterocycles. The van der Waals surface area contributed by atoms with Crippen LogP contribution in [0.25, 0.3) is 6.08 Å². The molecule has 1 aromatic heterocycles. The van der Waals surface area contributed by atoms with E-state index in [1.54, 1.807) is 17.4 Å². The summed E-state index contributed by atoms with van der Waals surface area (Å²) in [4.78, 5) is 18.6. The minimum Gasteiger partial charge on any atom is -0.383 e. The molecule has 0 aromatic carbocycles. The number of hydrogen-bond acceptors (Lipinski definition) is 4. The van der Waals surface area contributed by atoms with Crippen molar-refractivity contribution in [1.29, 1.82) is 0 Å². The number of carbonyl (C=O) groups excluding carboxylic acids is 1. The van der Waals surface area contributed by atoms with Crippen molar-refractivity contribution in [2.75, 3.05) is 6.54 Å². The Bertz CT molecular complexity index is 719. The van der Waals surface area contributed by atoms with Crippen molar-refractivity contribution in [2.45, 2.75) is 59.4 Å². The van der Waals surface area contributed by atoms with Gasteiger partial charge in [-0.3, -0.25) is 4.79 Å². The van der Waals surface area contributed by atoms with E-state index in [1.807, 2.05) is 0 Å². The van der Waals surface area contributed by atoms with Crippen molar-refractivity contribution in [3.05, 3.63) is 46.6 Å². The van der Waals surface area contributed by atoms with Crippen LogP contribution in [0.4, 0.5) is 0 Å². The van der Waals surface area contributed by atoms with Crippen LogP contribution < -0.4 is 10.6 Å². The van der Waals surface area contributed by atoms with Gasteiger partial charge in [0.15, 0.2) is 0 Å². The maximum absolute atomic E-state index is 12.5. The number of fused-ring (bicyclic) bond motifs is 1. The lowest BCUT2D eigenvalue weighted by atomic mass is 9.88. The molecule has 0 bridgehead atoms. The Morgan fingerprint density at radius 3 is 2.82 bits per heavy atom. The molecule has 2 N–H and O–H groups in total. The monoisotopic (exact) mass is 401 g/mol. The predicted octanol–water partition coefficient (Wildman–Crippen LogP) is 4.74. The van der Waals surface area contributed by atoms with Crippen LogP contribution in [0.15, 0.2) is 31.0 Å². The number of hydrogen-bond donors (Lipinski definition) is 2. The molecule has 0 aliphatic heterocycles. The van der Waals surface area contributed by atoms with E-state index in [-0.39, 0.29) is 11.9 Å². The number of nitrogens with one attached hydrogen (secondary N) is 2. The molecule has 0 saturated carbocycles. The molecule has 28 heavy (non-hydrogen) atoms. The van der Waals surface area contributed by atoms with E-state index >= 15 is 0 Å². The van der Waals surface area contributed by atoms with Crippen LogP contribution in [-0.2, 0) is 17.6 Å². The summed E-state index contributed by atoms with van der Waals surface area (Å²) in [5.41, 5.74) is 1.88. The van der Waals surface area contributed by atoms with Gasteiger partial charge in [0.1, 0.15) is 0 Å². The zero-order chi connectivity index (χ0) is 20.7. The summed E-state index contributed by atoms with van der Waals surface area (Å²) in [6.45, 7) is 17.1. The third kappa shape index (κ3) is 6.33. The summed E-state index contributed by atoms with van der Waals surface area (Å²) in [6.07, 6.45) is 9.38. The molecule has 3 atom stereocenters. The predicted molar refractivity (Wildman–Crippen MR) is 120 cm³/mol. The van der Waals surface area contributed by atoms with Gasteiger partial charge in [-0.05, 0) is 36.3 Å². The maximum atomic E-state index is 12.5. The summed E-state index contributed by atoms with van der Waals surface area (Å²) in [5, 5.41) is 7.48. The molecule has 2 rings (SSSR count). The number of aromatic nitrogens is 1. The van der Waals surface area contributed by atoms with Crippen LogP contribution in [0.5, 0.6) is 0 Å². The van der Waals surface area contributed by atoms with Crippen molar-refractivity contribution >= 4 is 23.3 Å². The van der Waals surface area contributed by atoms with Gasteiger partial charge in [-0.1, -0.05) is 53.3 Å². The fourth-order valence-electron chi connectivity index (χ4n) is 3.24. The van der Waals surface area contributed by atoms with E-state index in [4.69, 9.17) is 4.98 Å². The minimum atomic E-state index is 0.0773. The topological polar surface area (TPSA) is 54.0 Å². The van der Waals surface area contributed by atoms with Gasteiger partial charge in [0, 0.05) is 36.0 Å². The Kier molecular flexibility index (Phi) is 8.49. The average molecular weight is 402 g/mol. The largest absolute Gasteiger partial charge is 0.383 e. The van der Waals surface area contributed by atoms with E-state index in [0.717, 1.165) is 29.2 Å². The van der Waals surface area contributed by atoms with Crippen molar-refractivity contribution in [2.24, 2.45) is 17.8 Å². The van der Waals surface area contributed by atoms with Crippen molar-refractivity contribution < 1.29 is 4.79 Å². The first-order chi connectivity index (χ1) is 13.3. The zero-order valence-electron chi connectivity index (χ0n) is 17.8. The lowest BCUT2D eigenvalue weighted by Crippen LogP contribution is -2.45. The highest BCUT2D eigenvalue weighted by Gasteiger charge is 2.21. The summed E-state index contributed by atoms with van der Waals surface area (Å²) in [5.74, 6) is 1.71. The second kappa shape index (κ2) is 10.6. The van der Waals surface area contributed by atoms with Gasteiger partial charge in [0.2, 0.25) is 5.91 Å². The molecule has 0 radical (unpaired) electrons. The molecule has 0 saturated heterocycles. The van der Waals surface area contributed by atoms with E-state index < -0.39 is 0 Å². The van der Waals surface area contributed by atoms with Crippen LogP contribution in [0.1, 0.15) is 56.1 Å². The number of nitrogens with zero attached hydrogens (tertiary/aromatic N) is 1. The van der Waals surface area contributed by atoms with E-state index in [1.165, 1.54) is 4.88 Å². The number of aryl methyl sites for hydroxylation is 1. The number of amides is 1. The highest BCUT2D eigenvalue weighted by Crippen LogP contribution is 2.31. The first-order valence-corrected chi connectivity index (χ1v) is 11.2. The SMILES string of the molecule is C=CC(=C)NCC(NC(=O)CCc1nc2c(s1)CC(C(C)C)C=C2)C(C)CC. The lowest BCUT2D eigenvalue weighted by Gasteiger charge is -2.25. The molecule has 154 valence electrons. The highest BCUT2D eigenvalue weighted by molar-refractivity contribution is 7.11. The third-order valence-electron chi connectivity index (χ3n) is 5.59. The van der Waals surface area contributed by atoms with Gasteiger partial charge in [-0.2, -0.15) is 0 Å². The number of thiazole rings is 1. The fourth-order valence-corrected chi connectivity index (χ4v) is 4.37. The highest BCUT2D eigenvalue weighted by atomic mass is 32.1. The summed E-state index contributed by atoms with van der Waals surface area (Å²) < 4.78 is 0. The van der Waals surface area contributed by atoms with Crippen LogP contribution >= 0.6 is 11.3 Å². The lowest BCUT2D eigenvalue weighted by molar-refractivity contribution is -0.122. The van der Waals surface area contributed by atoms with Crippen LogP contribution in [-0.4, -0.2) is 23.5 Å². The quantitative estimate of drug-likeness (QED) is 0.527. The van der Waals surface area contributed by atoms with Crippen LogP contribution in [0, 0.1) is 17.8 Å². The third-order valence-corrected chi connectivity index (χ3v) is 6.74. The minimum absolute atomic E-state index is 0.0773. The Morgan fingerprint density at radius 2 is 2.18 bits per heavy atom. The van der Waals surface area contributed by atoms with Gasteiger partial charge >= 0.3 is 0 Å². The Morgan fingerprint density at radius 1 is 1.43 bits per heavy atom. The molecule has 5 heteroatoms. The first-order valence-electron chi connectivity index (χ1n) is 10.3. The Balaban J connectivity index is 1.88. The Labute approximate surface area is 174 Å². The second-order valence-corrected chi connectivity index (χ2v) is 9.23. The van der Waals surface area contributed by atoms with Gasteiger partial charge in [0.05, 0.1) is 10.7 Å². The van der Waals surface area contributed by atoms with E-state index in [9.17, 15) is 4.79 Å². The standard InChI is InChI=1S/C23H35N3OS/c1-7-16(5)20(14-24-17(6)8-2)25-22(27)11-12-23-26-19-10-9-18(15(3)4)13-21(19)28-23/h8-10,15-16,18,20,24H,2,6-7,11-14H2,1,3-5H3,(H,25,27). The molecular formula is C23H35N3OS. The summed E-state index contributed by atoms with van der Waals surface area (Å²) in [6, 6.07) is 0.0773. The summed E-state index contributed by atoms with van der Waals surface area (Å²) in [7, 11) is 0. The number of allylic oxidation sites excluding steroid dienone is 2. The first kappa shape index (κ1) is 22.4.